The zero-order valence-corrected chi connectivity index (χ0v) is 14.8. The molecule has 1 heterocycles. The first kappa shape index (κ1) is 16.9. The summed E-state index contributed by atoms with van der Waals surface area (Å²) >= 11 is 0. The van der Waals surface area contributed by atoms with Gasteiger partial charge in [0.15, 0.2) is 5.82 Å². The molecule has 3 rings (SSSR count). The topological polar surface area (TPSA) is 53.9 Å². The summed E-state index contributed by atoms with van der Waals surface area (Å²) in [5.41, 5.74) is 2.12. The molecule has 1 N–H and O–H groups in total. The normalized spacial score (nSPS) is 11.2. The quantitative estimate of drug-likeness (QED) is 0.749. The van der Waals surface area contributed by atoms with Crippen LogP contribution in [0.1, 0.15) is 26.3 Å². The summed E-state index contributed by atoms with van der Waals surface area (Å²) in [6, 6.07) is 20.4. The molecule has 25 heavy (non-hydrogen) atoms. The molecule has 0 atom stereocenters. The largest absolute Gasteiger partial charge is 0.364 e. The van der Waals surface area contributed by atoms with Crippen LogP contribution in [-0.4, -0.2) is 20.7 Å². The van der Waals surface area contributed by atoms with E-state index in [0.29, 0.717) is 18.3 Å². The Kier molecular flexibility index (Phi) is 4.93. The van der Waals surface area contributed by atoms with Crippen molar-refractivity contribution in [1.82, 2.24) is 15.2 Å². The van der Waals surface area contributed by atoms with Crippen molar-refractivity contribution in [3.05, 3.63) is 72.4 Å². The molecule has 0 bridgehead atoms. The second-order valence-corrected chi connectivity index (χ2v) is 6.92. The van der Waals surface area contributed by atoms with Gasteiger partial charge in [-0.2, -0.15) is 10.1 Å². The van der Waals surface area contributed by atoms with Gasteiger partial charge in [0.1, 0.15) is 0 Å². The highest BCUT2D eigenvalue weighted by molar-refractivity contribution is 5.58. The van der Waals surface area contributed by atoms with Crippen LogP contribution in [0.5, 0.6) is 0 Å². The molecule has 1 aromatic heterocycles. The first-order valence-electron chi connectivity index (χ1n) is 8.36. The van der Waals surface area contributed by atoms with Gasteiger partial charge in [0.2, 0.25) is 0 Å². The first-order chi connectivity index (χ1) is 12.0. The van der Waals surface area contributed by atoms with Crippen LogP contribution < -0.4 is 10.2 Å². The van der Waals surface area contributed by atoms with E-state index in [9.17, 15) is 0 Å². The van der Waals surface area contributed by atoms with Crippen LogP contribution in [0, 0.1) is 0 Å². The monoisotopic (exact) mass is 333 g/mol. The minimum Gasteiger partial charge on any atom is -0.364 e. The fraction of sp³-hybridized carbons (Fsp3) is 0.250. The smallest absolute Gasteiger partial charge is 0.252 e. The van der Waals surface area contributed by atoms with E-state index in [1.54, 1.807) is 6.20 Å². The molecule has 5 heteroatoms. The Labute approximate surface area is 148 Å². The molecule has 128 valence electrons. The van der Waals surface area contributed by atoms with Crippen molar-refractivity contribution >= 4 is 17.5 Å². The van der Waals surface area contributed by atoms with Crippen LogP contribution in [-0.2, 0) is 6.54 Å². The van der Waals surface area contributed by atoms with Crippen molar-refractivity contribution in [2.45, 2.75) is 32.9 Å². The Bertz CT molecular complexity index is 797. The molecule has 0 saturated carbocycles. The van der Waals surface area contributed by atoms with E-state index < -0.39 is 0 Å². The summed E-state index contributed by atoms with van der Waals surface area (Å²) in [7, 11) is 0. The number of benzene rings is 2. The van der Waals surface area contributed by atoms with Crippen LogP contribution in [0.3, 0.4) is 0 Å². The number of rotatable bonds is 5. The number of hydrogen-bond donors (Lipinski definition) is 1. The fourth-order valence-corrected chi connectivity index (χ4v) is 2.50. The van der Waals surface area contributed by atoms with Gasteiger partial charge in [0.05, 0.1) is 12.7 Å². The molecule has 5 nitrogen and oxygen atoms in total. The van der Waals surface area contributed by atoms with Gasteiger partial charge < -0.3 is 10.2 Å². The molecule has 3 aromatic rings. The third-order valence-corrected chi connectivity index (χ3v) is 3.54. The number of aromatic nitrogens is 3. The molecule has 0 radical (unpaired) electrons. The van der Waals surface area contributed by atoms with E-state index in [4.69, 9.17) is 0 Å². The minimum atomic E-state index is -0.0929. The van der Waals surface area contributed by atoms with Crippen LogP contribution >= 0.6 is 0 Å². The lowest BCUT2D eigenvalue weighted by Crippen LogP contribution is -2.27. The van der Waals surface area contributed by atoms with Crippen molar-refractivity contribution in [2.24, 2.45) is 0 Å². The van der Waals surface area contributed by atoms with Gasteiger partial charge in [-0.25, -0.2) is 0 Å². The molecule has 0 aliphatic carbocycles. The zero-order chi connectivity index (χ0) is 17.7. The summed E-state index contributed by atoms with van der Waals surface area (Å²) in [5.74, 6) is 1.29. The average Bonchev–Trinajstić information content (AvgIpc) is 2.60. The molecule has 0 saturated heterocycles. The maximum Gasteiger partial charge on any atom is 0.252 e. The van der Waals surface area contributed by atoms with E-state index in [2.05, 4.69) is 70.4 Å². The fourth-order valence-electron chi connectivity index (χ4n) is 2.50. The van der Waals surface area contributed by atoms with Crippen molar-refractivity contribution in [2.75, 3.05) is 10.2 Å². The van der Waals surface area contributed by atoms with Crippen molar-refractivity contribution in [1.29, 1.82) is 0 Å². The lowest BCUT2D eigenvalue weighted by atomic mass is 10.1. The highest BCUT2D eigenvalue weighted by Crippen LogP contribution is 2.25. The van der Waals surface area contributed by atoms with Gasteiger partial charge in [-0.3, -0.25) is 0 Å². The predicted octanol–water partition coefficient (Wildman–Crippen LogP) is 4.42. The molecule has 2 aromatic carbocycles. The minimum absolute atomic E-state index is 0.0929. The molecular formula is C20H23N5. The van der Waals surface area contributed by atoms with Crippen molar-refractivity contribution < 1.29 is 0 Å². The van der Waals surface area contributed by atoms with Gasteiger partial charge in [0.25, 0.3) is 5.95 Å². The summed E-state index contributed by atoms with van der Waals surface area (Å²) in [4.78, 5) is 6.74. The van der Waals surface area contributed by atoms with E-state index in [-0.39, 0.29) is 5.54 Å². The first-order valence-corrected chi connectivity index (χ1v) is 8.36. The Morgan fingerprint density at radius 2 is 1.56 bits per heavy atom. The Balaban J connectivity index is 1.96. The lowest BCUT2D eigenvalue weighted by molar-refractivity contribution is 0.628. The molecule has 0 aliphatic rings. The van der Waals surface area contributed by atoms with Crippen LogP contribution in [0.25, 0.3) is 0 Å². The zero-order valence-electron chi connectivity index (χ0n) is 14.8. The molecular weight excluding hydrogens is 310 g/mol. The highest BCUT2D eigenvalue weighted by Gasteiger charge is 2.16. The summed E-state index contributed by atoms with van der Waals surface area (Å²) in [6.45, 7) is 6.95. The number of nitrogens with one attached hydrogen (secondary N) is 1. The third kappa shape index (κ3) is 4.76. The Morgan fingerprint density at radius 1 is 0.920 bits per heavy atom. The maximum absolute atomic E-state index is 4.67. The van der Waals surface area contributed by atoms with Gasteiger partial charge in [-0.05, 0) is 38.5 Å². The summed E-state index contributed by atoms with van der Waals surface area (Å²) in [5, 5.41) is 11.8. The van der Waals surface area contributed by atoms with Gasteiger partial charge in [-0.1, -0.05) is 48.5 Å². The molecule has 0 unspecified atom stereocenters. The number of para-hydroxylation sites is 1. The SMILES string of the molecule is CC(C)(C)Nc1cnnc(N(Cc2ccccc2)c2ccccc2)n1. The third-order valence-electron chi connectivity index (χ3n) is 3.54. The molecule has 0 amide bonds. The Morgan fingerprint density at radius 3 is 2.20 bits per heavy atom. The molecule has 0 fully saturated rings. The maximum atomic E-state index is 4.67. The molecule has 0 spiro atoms. The van der Waals surface area contributed by atoms with Gasteiger partial charge in [-0.15, -0.1) is 5.10 Å². The number of nitrogens with zero attached hydrogens (tertiary/aromatic N) is 4. The second-order valence-electron chi connectivity index (χ2n) is 6.92. The summed E-state index contributed by atoms with van der Waals surface area (Å²) < 4.78 is 0. The van der Waals surface area contributed by atoms with Crippen molar-refractivity contribution in [3.63, 3.8) is 0 Å². The summed E-state index contributed by atoms with van der Waals surface area (Å²) in [6.07, 6.45) is 1.65. The standard InChI is InChI=1S/C20H23N5/c1-20(2,3)23-18-14-21-24-19(22-18)25(17-12-8-5-9-13-17)15-16-10-6-4-7-11-16/h4-14H,15H2,1-3H3,(H,22,23,24). The van der Waals surface area contributed by atoms with Crippen LogP contribution in [0.15, 0.2) is 66.9 Å². The lowest BCUT2D eigenvalue weighted by Gasteiger charge is -2.25. The Hall–Kier alpha value is -2.95. The highest BCUT2D eigenvalue weighted by atomic mass is 15.3. The van der Waals surface area contributed by atoms with E-state index in [1.807, 2.05) is 36.4 Å². The second kappa shape index (κ2) is 7.30. The van der Waals surface area contributed by atoms with Crippen molar-refractivity contribution in [3.8, 4) is 0 Å². The van der Waals surface area contributed by atoms with Gasteiger partial charge >= 0.3 is 0 Å². The molecule has 0 aliphatic heterocycles. The van der Waals surface area contributed by atoms with Gasteiger partial charge in [0, 0.05) is 11.2 Å². The van der Waals surface area contributed by atoms with Crippen LogP contribution in [0.4, 0.5) is 17.5 Å². The average molecular weight is 333 g/mol. The number of hydrogen-bond acceptors (Lipinski definition) is 5. The number of anilines is 3. The van der Waals surface area contributed by atoms with Crippen LogP contribution in [0.2, 0.25) is 0 Å². The predicted molar refractivity (Wildman–Crippen MR) is 102 cm³/mol. The van der Waals surface area contributed by atoms with E-state index in [0.717, 1.165) is 5.69 Å². The van der Waals surface area contributed by atoms with E-state index in [1.165, 1.54) is 5.56 Å². The van der Waals surface area contributed by atoms with E-state index >= 15 is 0 Å².